The molecule has 0 saturated heterocycles. The highest BCUT2D eigenvalue weighted by atomic mass is 19.4. The van der Waals surface area contributed by atoms with Gasteiger partial charge in [-0.2, -0.15) is 0 Å². The molecule has 1 aromatic heterocycles. The van der Waals surface area contributed by atoms with Crippen molar-refractivity contribution in [1.29, 1.82) is 0 Å². The van der Waals surface area contributed by atoms with Crippen LogP contribution in [0.4, 0.5) is 13.2 Å². The number of benzene rings is 2. The van der Waals surface area contributed by atoms with E-state index in [-0.39, 0.29) is 17.1 Å². The van der Waals surface area contributed by atoms with Crippen LogP contribution in [0.15, 0.2) is 60.7 Å². The van der Waals surface area contributed by atoms with E-state index in [9.17, 15) is 23.1 Å². The number of aliphatic hydroxyl groups is 2. The molecule has 0 aliphatic rings. The van der Waals surface area contributed by atoms with Gasteiger partial charge < -0.3 is 25.4 Å². The number of nitrogens with two attached hydrogens (primary N) is 1. The van der Waals surface area contributed by atoms with E-state index in [0.29, 0.717) is 16.9 Å². The van der Waals surface area contributed by atoms with Crippen LogP contribution < -0.4 is 15.2 Å². The minimum Gasteiger partial charge on any atom is -0.457 e. The lowest BCUT2D eigenvalue weighted by molar-refractivity contribution is -0.274. The molecule has 4 N–H and O–H groups in total. The lowest BCUT2D eigenvalue weighted by Crippen LogP contribution is -2.17. The number of ether oxygens (including phenoxy) is 2. The Bertz CT molecular complexity index is 1070. The Morgan fingerprint density at radius 3 is 2.29 bits per heavy atom. The number of rotatable bonds is 7. The van der Waals surface area contributed by atoms with Gasteiger partial charge in [0.25, 0.3) is 5.91 Å². The lowest BCUT2D eigenvalue weighted by atomic mass is 10.0. The molecule has 7 nitrogen and oxygen atoms in total. The van der Waals surface area contributed by atoms with Gasteiger partial charge in [-0.25, -0.2) is 4.98 Å². The molecule has 0 saturated carbocycles. The number of primary amides is 1. The minimum atomic E-state index is -4.81. The zero-order chi connectivity index (χ0) is 22.6. The number of hydrogen-bond acceptors (Lipinski definition) is 6. The number of aromatic nitrogens is 1. The largest absolute Gasteiger partial charge is 0.573 e. The molecule has 162 valence electrons. The maximum Gasteiger partial charge on any atom is 0.573 e. The van der Waals surface area contributed by atoms with Crippen molar-refractivity contribution in [3.63, 3.8) is 0 Å². The minimum absolute atomic E-state index is 0.0793. The first-order chi connectivity index (χ1) is 14.6. The first kappa shape index (κ1) is 22.1. The van der Waals surface area contributed by atoms with Crippen molar-refractivity contribution in [3.8, 4) is 28.4 Å². The third kappa shape index (κ3) is 5.93. The molecular formula is C21H17F3N2O5. The molecule has 0 fully saturated rings. The van der Waals surface area contributed by atoms with Gasteiger partial charge >= 0.3 is 6.36 Å². The summed E-state index contributed by atoms with van der Waals surface area (Å²) < 4.78 is 46.5. The van der Waals surface area contributed by atoms with E-state index < -0.39 is 30.7 Å². The fourth-order valence-corrected chi connectivity index (χ4v) is 2.70. The van der Waals surface area contributed by atoms with Gasteiger partial charge in [-0.15, -0.1) is 13.2 Å². The molecule has 0 spiro atoms. The van der Waals surface area contributed by atoms with Crippen molar-refractivity contribution in [2.75, 3.05) is 6.61 Å². The SMILES string of the molecule is NC(=O)c1cc(-c2ccc(Oc3cccc(OC(F)(F)F)c3)cc2)cc([C@H](O)CO)n1. The monoisotopic (exact) mass is 434 g/mol. The highest BCUT2D eigenvalue weighted by Crippen LogP contribution is 2.30. The van der Waals surface area contributed by atoms with Gasteiger partial charge in [-0.1, -0.05) is 18.2 Å². The average molecular weight is 434 g/mol. The summed E-state index contributed by atoms with van der Waals surface area (Å²) in [6.45, 7) is -0.585. The van der Waals surface area contributed by atoms with Gasteiger partial charge in [0, 0.05) is 6.07 Å². The number of amides is 1. The predicted molar refractivity (Wildman–Crippen MR) is 103 cm³/mol. The van der Waals surface area contributed by atoms with E-state index in [2.05, 4.69) is 9.72 Å². The first-order valence-electron chi connectivity index (χ1n) is 8.89. The van der Waals surface area contributed by atoms with Crippen molar-refractivity contribution >= 4 is 5.91 Å². The number of nitrogens with zero attached hydrogens (tertiary/aromatic N) is 1. The molecule has 0 unspecified atom stereocenters. The van der Waals surface area contributed by atoms with Crippen LogP contribution >= 0.6 is 0 Å². The van der Waals surface area contributed by atoms with Gasteiger partial charge in [0.15, 0.2) is 0 Å². The standard InChI is InChI=1S/C21H17F3N2O5/c22-21(23,24)31-16-3-1-2-15(10-16)30-14-6-4-12(5-7-14)13-8-17(19(28)11-27)26-18(9-13)20(25)29/h1-10,19,27-28H,11H2,(H2,25,29)/t19-/m1/s1. The summed E-state index contributed by atoms with van der Waals surface area (Å²) >= 11 is 0. The second kappa shape index (κ2) is 9.02. The van der Waals surface area contributed by atoms with Crippen LogP contribution in [0.1, 0.15) is 22.3 Å². The van der Waals surface area contributed by atoms with Crippen LogP contribution in [0.5, 0.6) is 17.2 Å². The zero-order valence-corrected chi connectivity index (χ0v) is 15.8. The molecule has 3 aromatic rings. The molecule has 0 aliphatic carbocycles. The van der Waals surface area contributed by atoms with Crippen LogP contribution in [-0.2, 0) is 0 Å². The molecule has 0 radical (unpaired) electrons. The molecule has 0 bridgehead atoms. The summed E-state index contributed by atoms with van der Waals surface area (Å²) in [4.78, 5) is 15.5. The number of aliphatic hydroxyl groups excluding tert-OH is 2. The quantitative estimate of drug-likeness (QED) is 0.524. The molecule has 0 aliphatic heterocycles. The fraction of sp³-hybridized carbons (Fsp3) is 0.143. The number of carbonyl (C=O) groups excluding carboxylic acids is 1. The maximum absolute atomic E-state index is 12.4. The third-order valence-corrected chi connectivity index (χ3v) is 4.07. The number of pyridine rings is 1. The molecular weight excluding hydrogens is 417 g/mol. The van der Waals surface area contributed by atoms with Gasteiger partial charge in [0.1, 0.15) is 29.0 Å². The summed E-state index contributed by atoms with van der Waals surface area (Å²) in [6, 6.07) is 14.4. The van der Waals surface area contributed by atoms with Crippen molar-refractivity contribution in [2.45, 2.75) is 12.5 Å². The van der Waals surface area contributed by atoms with E-state index in [1.807, 2.05) is 0 Å². The summed E-state index contributed by atoms with van der Waals surface area (Å²) in [6.07, 6.45) is -6.09. The summed E-state index contributed by atoms with van der Waals surface area (Å²) in [5, 5.41) is 19.0. The molecule has 3 rings (SSSR count). The highest BCUT2D eigenvalue weighted by molar-refractivity contribution is 5.92. The van der Waals surface area contributed by atoms with Crippen molar-refractivity contribution < 1.29 is 37.7 Å². The van der Waals surface area contributed by atoms with E-state index >= 15 is 0 Å². The molecule has 1 heterocycles. The number of alkyl halides is 3. The summed E-state index contributed by atoms with van der Waals surface area (Å²) in [7, 11) is 0. The average Bonchev–Trinajstić information content (AvgIpc) is 2.72. The number of hydrogen-bond donors (Lipinski definition) is 3. The highest BCUT2D eigenvalue weighted by Gasteiger charge is 2.31. The van der Waals surface area contributed by atoms with Gasteiger partial charge in [0.2, 0.25) is 0 Å². The molecule has 1 atom stereocenters. The number of carbonyl (C=O) groups is 1. The van der Waals surface area contributed by atoms with Crippen molar-refractivity contribution in [3.05, 3.63) is 72.1 Å². The smallest absolute Gasteiger partial charge is 0.457 e. The Morgan fingerprint density at radius 2 is 1.68 bits per heavy atom. The van der Waals surface area contributed by atoms with E-state index in [0.717, 1.165) is 12.1 Å². The first-order valence-corrected chi connectivity index (χ1v) is 8.89. The van der Waals surface area contributed by atoms with Crippen LogP contribution in [-0.4, -0.2) is 34.1 Å². The second-order valence-corrected chi connectivity index (χ2v) is 6.38. The van der Waals surface area contributed by atoms with E-state index in [1.54, 1.807) is 24.3 Å². The Balaban J connectivity index is 1.83. The molecule has 1 amide bonds. The Hall–Kier alpha value is -3.63. The third-order valence-electron chi connectivity index (χ3n) is 4.07. The van der Waals surface area contributed by atoms with Crippen LogP contribution in [0, 0.1) is 0 Å². The normalized spacial score (nSPS) is 12.3. The van der Waals surface area contributed by atoms with Gasteiger partial charge in [-0.3, -0.25) is 4.79 Å². The van der Waals surface area contributed by atoms with E-state index in [1.165, 1.54) is 24.3 Å². The Kier molecular flexibility index (Phi) is 6.42. The predicted octanol–water partition coefficient (Wildman–Crippen LogP) is 3.56. The van der Waals surface area contributed by atoms with Crippen LogP contribution in [0.3, 0.4) is 0 Å². The molecule has 10 heteroatoms. The molecule has 31 heavy (non-hydrogen) atoms. The topological polar surface area (TPSA) is 115 Å². The lowest BCUT2D eigenvalue weighted by Gasteiger charge is -2.12. The molecule has 2 aromatic carbocycles. The van der Waals surface area contributed by atoms with Crippen molar-refractivity contribution in [2.24, 2.45) is 5.73 Å². The second-order valence-electron chi connectivity index (χ2n) is 6.38. The van der Waals surface area contributed by atoms with E-state index in [4.69, 9.17) is 15.6 Å². The maximum atomic E-state index is 12.4. The Labute approximate surface area is 174 Å². The van der Waals surface area contributed by atoms with Crippen LogP contribution in [0.2, 0.25) is 0 Å². The fourth-order valence-electron chi connectivity index (χ4n) is 2.70. The van der Waals surface area contributed by atoms with Gasteiger partial charge in [-0.05, 0) is 47.5 Å². The zero-order valence-electron chi connectivity index (χ0n) is 15.8. The number of halogens is 3. The van der Waals surface area contributed by atoms with Crippen molar-refractivity contribution in [1.82, 2.24) is 4.98 Å². The van der Waals surface area contributed by atoms with Gasteiger partial charge in [0.05, 0.1) is 12.3 Å². The summed E-state index contributed by atoms with van der Waals surface area (Å²) in [5.41, 5.74) is 6.42. The summed E-state index contributed by atoms with van der Waals surface area (Å²) in [5.74, 6) is -0.725. The Morgan fingerprint density at radius 1 is 1.00 bits per heavy atom. The van der Waals surface area contributed by atoms with Crippen LogP contribution in [0.25, 0.3) is 11.1 Å².